The highest BCUT2D eigenvalue weighted by atomic mass is 32.2. The van der Waals surface area contributed by atoms with E-state index in [1.54, 1.807) is 41.6 Å². The Morgan fingerprint density at radius 2 is 2.04 bits per heavy atom. The molecule has 0 bridgehead atoms. The van der Waals surface area contributed by atoms with Gasteiger partial charge in [-0.05, 0) is 23.8 Å². The number of benzene rings is 1. The molecule has 0 fully saturated rings. The Hall–Kier alpha value is -2.32. The Kier molecular flexibility index (Phi) is 4.46. The molecule has 0 aliphatic carbocycles. The summed E-state index contributed by atoms with van der Waals surface area (Å²) >= 11 is 3.15. The predicted octanol–water partition coefficient (Wildman–Crippen LogP) is 4.74. The van der Waals surface area contributed by atoms with Crippen molar-refractivity contribution in [2.45, 2.75) is 24.1 Å². The molecule has 4 rings (SSSR count). The molecule has 0 aliphatic rings. The van der Waals surface area contributed by atoms with Crippen LogP contribution in [0, 0.1) is 5.82 Å². The lowest BCUT2D eigenvalue weighted by Gasteiger charge is -1.98. The van der Waals surface area contributed by atoms with Crippen molar-refractivity contribution in [3.8, 4) is 10.4 Å². The van der Waals surface area contributed by atoms with Crippen molar-refractivity contribution < 1.29 is 8.91 Å². The molecule has 8 heteroatoms. The highest BCUT2D eigenvalue weighted by molar-refractivity contribution is 7.98. The van der Waals surface area contributed by atoms with Crippen LogP contribution in [0.2, 0.25) is 0 Å². The van der Waals surface area contributed by atoms with Gasteiger partial charge in [-0.1, -0.05) is 36.0 Å². The number of hydrogen-bond acceptors (Lipinski definition) is 7. The molecule has 5 nitrogen and oxygen atoms in total. The van der Waals surface area contributed by atoms with E-state index in [1.165, 1.54) is 12.1 Å². The monoisotopic (exact) mass is 372 g/mol. The summed E-state index contributed by atoms with van der Waals surface area (Å²) in [7, 11) is 0. The third kappa shape index (κ3) is 3.40. The van der Waals surface area contributed by atoms with E-state index >= 15 is 0 Å². The summed E-state index contributed by atoms with van der Waals surface area (Å²) in [5, 5.41) is 4.84. The van der Waals surface area contributed by atoms with Gasteiger partial charge in [0.25, 0.3) is 0 Å². The summed E-state index contributed by atoms with van der Waals surface area (Å²) < 4.78 is 19.2. The Morgan fingerprint density at radius 3 is 2.80 bits per heavy atom. The van der Waals surface area contributed by atoms with Crippen LogP contribution in [-0.2, 0) is 12.2 Å². The first-order chi connectivity index (χ1) is 12.2. The van der Waals surface area contributed by atoms with Gasteiger partial charge in [0.2, 0.25) is 5.89 Å². The molecule has 0 spiro atoms. The molecule has 0 atom stereocenters. The SMILES string of the molecule is CCc1nc(CSc2ncnc3cc(-c4ccc(F)cc4)sc23)no1. The van der Waals surface area contributed by atoms with Crippen molar-refractivity contribution in [2.75, 3.05) is 0 Å². The molecule has 0 amide bonds. The van der Waals surface area contributed by atoms with Gasteiger partial charge in [-0.15, -0.1) is 11.3 Å². The van der Waals surface area contributed by atoms with Crippen LogP contribution in [0.15, 0.2) is 46.2 Å². The minimum absolute atomic E-state index is 0.243. The highest BCUT2D eigenvalue weighted by Gasteiger charge is 2.12. The van der Waals surface area contributed by atoms with Gasteiger partial charge < -0.3 is 4.52 Å². The fourth-order valence-electron chi connectivity index (χ4n) is 2.32. The molecule has 0 aliphatic heterocycles. The molecular formula is C17H13FN4OS2. The van der Waals surface area contributed by atoms with Crippen LogP contribution in [-0.4, -0.2) is 20.1 Å². The van der Waals surface area contributed by atoms with Gasteiger partial charge >= 0.3 is 0 Å². The number of aromatic nitrogens is 4. The van der Waals surface area contributed by atoms with Gasteiger partial charge in [-0.25, -0.2) is 14.4 Å². The van der Waals surface area contributed by atoms with E-state index in [0.29, 0.717) is 17.5 Å². The Bertz CT molecular complexity index is 1010. The van der Waals surface area contributed by atoms with E-state index in [4.69, 9.17) is 4.52 Å². The van der Waals surface area contributed by atoms with Crippen LogP contribution in [0.4, 0.5) is 4.39 Å². The second-order valence-electron chi connectivity index (χ2n) is 5.26. The van der Waals surface area contributed by atoms with Crippen molar-refractivity contribution in [2.24, 2.45) is 0 Å². The molecule has 4 aromatic rings. The molecule has 126 valence electrons. The maximum Gasteiger partial charge on any atom is 0.226 e. The number of thiophene rings is 1. The van der Waals surface area contributed by atoms with Crippen LogP contribution in [0.1, 0.15) is 18.6 Å². The number of halogens is 1. The summed E-state index contributed by atoms with van der Waals surface area (Å²) in [4.78, 5) is 14.1. The maximum atomic E-state index is 13.1. The predicted molar refractivity (Wildman–Crippen MR) is 96.0 cm³/mol. The molecule has 0 radical (unpaired) electrons. The quantitative estimate of drug-likeness (QED) is 0.373. The second kappa shape index (κ2) is 6.89. The molecular weight excluding hydrogens is 359 g/mol. The van der Waals surface area contributed by atoms with E-state index in [2.05, 4.69) is 20.1 Å². The first kappa shape index (κ1) is 16.2. The van der Waals surface area contributed by atoms with Crippen LogP contribution in [0.5, 0.6) is 0 Å². The summed E-state index contributed by atoms with van der Waals surface area (Å²) in [6.07, 6.45) is 2.28. The van der Waals surface area contributed by atoms with Gasteiger partial charge in [0.1, 0.15) is 17.2 Å². The summed E-state index contributed by atoms with van der Waals surface area (Å²) in [6.45, 7) is 1.97. The highest BCUT2D eigenvalue weighted by Crippen LogP contribution is 2.37. The first-order valence-electron chi connectivity index (χ1n) is 7.67. The van der Waals surface area contributed by atoms with Crippen molar-refractivity contribution in [3.63, 3.8) is 0 Å². The van der Waals surface area contributed by atoms with Crippen LogP contribution in [0.25, 0.3) is 20.7 Å². The molecule has 25 heavy (non-hydrogen) atoms. The van der Waals surface area contributed by atoms with E-state index in [-0.39, 0.29) is 5.82 Å². The molecule has 3 aromatic heterocycles. The third-order valence-electron chi connectivity index (χ3n) is 3.56. The first-order valence-corrected chi connectivity index (χ1v) is 9.48. The molecule has 0 unspecified atom stereocenters. The zero-order valence-corrected chi connectivity index (χ0v) is 14.9. The van der Waals surface area contributed by atoms with Crippen molar-refractivity contribution >= 4 is 33.3 Å². The lowest BCUT2D eigenvalue weighted by molar-refractivity contribution is 0.378. The zero-order chi connectivity index (χ0) is 17.2. The van der Waals surface area contributed by atoms with Crippen molar-refractivity contribution in [3.05, 3.63) is 54.2 Å². The fourth-order valence-corrected chi connectivity index (χ4v) is 4.36. The fraction of sp³-hybridized carbons (Fsp3) is 0.176. The minimum atomic E-state index is -0.243. The van der Waals surface area contributed by atoms with Crippen LogP contribution >= 0.6 is 23.1 Å². The summed E-state index contributed by atoms with van der Waals surface area (Å²) in [5.41, 5.74) is 1.84. The van der Waals surface area contributed by atoms with Gasteiger partial charge in [0, 0.05) is 11.3 Å². The average molecular weight is 372 g/mol. The van der Waals surface area contributed by atoms with Crippen LogP contribution in [0.3, 0.4) is 0 Å². The number of hydrogen-bond donors (Lipinski definition) is 0. The van der Waals surface area contributed by atoms with E-state index in [0.717, 1.165) is 32.1 Å². The van der Waals surface area contributed by atoms with Gasteiger partial charge in [0.05, 0.1) is 16.0 Å². The maximum absolute atomic E-state index is 13.1. The van der Waals surface area contributed by atoms with Gasteiger partial charge in [0.15, 0.2) is 5.82 Å². The lowest BCUT2D eigenvalue weighted by Crippen LogP contribution is -1.87. The van der Waals surface area contributed by atoms with E-state index < -0.39 is 0 Å². The zero-order valence-electron chi connectivity index (χ0n) is 13.3. The molecule has 3 heterocycles. The van der Waals surface area contributed by atoms with E-state index in [9.17, 15) is 4.39 Å². The topological polar surface area (TPSA) is 64.7 Å². The van der Waals surface area contributed by atoms with Crippen molar-refractivity contribution in [1.29, 1.82) is 0 Å². The largest absolute Gasteiger partial charge is 0.339 e. The summed E-state index contributed by atoms with van der Waals surface area (Å²) in [6, 6.07) is 8.46. The normalized spacial score (nSPS) is 11.3. The number of aryl methyl sites for hydroxylation is 1. The van der Waals surface area contributed by atoms with E-state index in [1.807, 2.05) is 13.0 Å². The van der Waals surface area contributed by atoms with Gasteiger partial charge in [-0.2, -0.15) is 4.98 Å². The third-order valence-corrected chi connectivity index (χ3v) is 5.85. The Labute approximate surface area is 151 Å². The molecule has 0 saturated carbocycles. The number of rotatable bonds is 5. The minimum Gasteiger partial charge on any atom is -0.339 e. The Balaban J connectivity index is 1.62. The standard InChI is InChI=1S/C17H13FN4OS2/c1-2-15-21-14(22-23-15)8-24-17-16-12(19-9-20-17)7-13(25-16)10-3-5-11(18)6-4-10/h3-7,9H,2,8H2,1H3. The van der Waals surface area contributed by atoms with Gasteiger partial charge in [-0.3, -0.25) is 0 Å². The second-order valence-corrected chi connectivity index (χ2v) is 7.27. The lowest BCUT2D eigenvalue weighted by atomic mass is 10.2. The number of nitrogens with zero attached hydrogens (tertiary/aromatic N) is 4. The average Bonchev–Trinajstić information content (AvgIpc) is 3.27. The number of thioether (sulfide) groups is 1. The van der Waals surface area contributed by atoms with Crippen LogP contribution < -0.4 is 0 Å². The molecule has 1 aromatic carbocycles. The Morgan fingerprint density at radius 1 is 1.20 bits per heavy atom. The summed E-state index contributed by atoms with van der Waals surface area (Å²) in [5.74, 6) is 1.63. The van der Waals surface area contributed by atoms with Crippen molar-refractivity contribution in [1.82, 2.24) is 20.1 Å². The molecule has 0 saturated heterocycles. The molecule has 0 N–H and O–H groups in total. The number of fused-ring (bicyclic) bond motifs is 1. The smallest absolute Gasteiger partial charge is 0.226 e.